The third kappa shape index (κ3) is 5.52. The summed E-state index contributed by atoms with van der Waals surface area (Å²) in [5, 5.41) is 11.0. The van der Waals surface area contributed by atoms with Gasteiger partial charge < -0.3 is 5.32 Å². The monoisotopic (exact) mass is 429 g/mol. The van der Waals surface area contributed by atoms with Crippen molar-refractivity contribution in [2.24, 2.45) is 0 Å². The van der Waals surface area contributed by atoms with Gasteiger partial charge in [-0.25, -0.2) is 4.98 Å². The summed E-state index contributed by atoms with van der Waals surface area (Å²) in [4.78, 5) is 19.3. The van der Waals surface area contributed by atoms with Gasteiger partial charge in [-0.1, -0.05) is 65.9 Å². The van der Waals surface area contributed by atoms with Gasteiger partial charge in [0.2, 0.25) is 11.1 Å². The first-order valence-electron chi connectivity index (χ1n) is 9.97. The lowest BCUT2D eigenvalue weighted by Gasteiger charge is -2.22. The van der Waals surface area contributed by atoms with Gasteiger partial charge in [0.25, 0.3) is 0 Å². The second-order valence-electron chi connectivity index (χ2n) is 6.97. The SMILES string of the molecule is Cc1ccc(NCc2nc(SCC(=O)N(c3ccccc3)c3ccccc3)n[nH]2)cc1. The Hall–Kier alpha value is -3.58. The van der Waals surface area contributed by atoms with Gasteiger partial charge in [-0.2, -0.15) is 0 Å². The zero-order valence-corrected chi connectivity index (χ0v) is 18.0. The van der Waals surface area contributed by atoms with E-state index in [0.29, 0.717) is 11.7 Å². The summed E-state index contributed by atoms with van der Waals surface area (Å²) < 4.78 is 0. The summed E-state index contributed by atoms with van der Waals surface area (Å²) in [6.07, 6.45) is 0. The Morgan fingerprint density at radius 1 is 0.935 bits per heavy atom. The summed E-state index contributed by atoms with van der Waals surface area (Å²) in [5.41, 5.74) is 3.90. The maximum absolute atomic E-state index is 13.1. The molecular formula is C24H23N5OS. The van der Waals surface area contributed by atoms with Gasteiger partial charge in [0.1, 0.15) is 5.82 Å². The van der Waals surface area contributed by atoms with Crippen molar-refractivity contribution in [3.05, 3.63) is 96.3 Å². The number of hydrogen-bond donors (Lipinski definition) is 2. The Balaban J connectivity index is 1.38. The second kappa shape index (κ2) is 9.95. The van der Waals surface area contributed by atoms with Crippen molar-refractivity contribution in [1.82, 2.24) is 15.2 Å². The Labute approximate surface area is 185 Å². The molecular weight excluding hydrogens is 406 g/mol. The molecule has 0 unspecified atom stereocenters. The van der Waals surface area contributed by atoms with Crippen LogP contribution in [0.25, 0.3) is 0 Å². The van der Waals surface area contributed by atoms with Crippen molar-refractivity contribution in [2.75, 3.05) is 16.0 Å². The van der Waals surface area contributed by atoms with E-state index in [9.17, 15) is 4.79 Å². The predicted molar refractivity (Wildman–Crippen MR) is 126 cm³/mol. The second-order valence-corrected chi connectivity index (χ2v) is 7.92. The molecule has 0 saturated heterocycles. The molecule has 2 N–H and O–H groups in total. The van der Waals surface area contributed by atoms with Gasteiger partial charge in [0.15, 0.2) is 0 Å². The fourth-order valence-electron chi connectivity index (χ4n) is 3.06. The first-order valence-corrected chi connectivity index (χ1v) is 11.0. The summed E-state index contributed by atoms with van der Waals surface area (Å²) in [7, 11) is 0. The number of anilines is 3. The highest BCUT2D eigenvalue weighted by molar-refractivity contribution is 7.99. The zero-order chi connectivity index (χ0) is 21.5. The molecule has 1 heterocycles. The summed E-state index contributed by atoms with van der Waals surface area (Å²) in [5.74, 6) is 0.914. The van der Waals surface area contributed by atoms with Crippen molar-refractivity contribution in [3.63, 3.8) is 0 Å². The van der Waals surface area contributed by atoms with Crippen molar-refractivity contribution >= 4 is 34.7 Å². The van der Waals surface area contributed by atoms with Crippen LogP contribution in [0.2, 0.25) is 0 Å². The number of para-hydroxylation sites is 2. The van der Waals surface area contributed by atoms with Gasteiger partial charge in [-0.3, -0.25) is 14.8 Å². The number of carbonyl (C=O) groups is 1. The predicted octanol–water partition coefficient (Wildman–Crippen LogP) is 5.18. The molecule has 0 saturated carbocycles. The number of hydrogen-bond acceptors (Lipinski definition) is 5. The van der Waals surface area contributed by atoms with Crippen LogP contribution in [0.15, 0.2) is 90.1 Å². The maximum atomic E-state index is 13.1. The summed E-state index contributed by atoms with van der Waals surface area (Å²) in [6.45, 7) is 2.59. The van der Waals surface area contributed by atoms with E-state index in [2.05, 4.69) is 39.6 Å². The minimum Gasteiger partial charge on any atom is -0.378 e. The van der Waals surface area contributed by atoms with Crippen molar-refractivity contribution < 1.29 is 4.79 Å². The van der Waals surface area contributed by atoms with E-state index in [1.54, 1.807) is 4.90 Å². The largest absolute Gasteiger partial charge is 0.378 e. The van der Waals surface area contributed by atoms with Crippen molar-refractivity contribution in [1.29, 1.82) is 0 Å². The van der Waals surface area contributed by atoms with E-state index in [1.807, 2.05) is 72.8 Å². The van der Waals surface area contributed by atoms with E-state index >= 15 is 0 Å². The van der Waals surface area contributed by atoms with Gasteiger partial charge >= 0.3 is 0 Å². The van der Waals surface area contributed by atoms with E-state index in [1.165, 1.54) is 17.3 Å². The highest BCUT2D eigenvalue weighted by Gasteiger charge is 2.18. The molecule has 0 fully saturated rings. The number of aromatic amines is 1. The number of H-pyrrole nitrogens is 1. The van der Waals surface area contributed by atoms with Gasteiger partial charge in [-0.05, 0) is 43.3 Å². The molecule has 0 aliphatic rings. The lowest BCUT2D eigenvalue weighted by Crippen LogP contribution is -2.27. The Kier molecular flexibility index (Phi) is 6.64. The smallest absolute Gasteiger partial charge is 0.242 e. The van der Waals surface area contributed by atoms with E-state index < -0.39 is 0 Å². The van der Waals surface area contributed by atoms with Crippen LogP contribution in [0, 0.1) is 6.92 Å². The average Bonchev–Trinajstić information content (AvgIpc) is 3.27. The average molecular weight is 430 g/mol. The summed E-state index contributed by atoms with van der Waals surface area (Å²) in [6, 6.07) is 27.5. The molecule has 31 heavy (non-hydrogen) atoms. The number of benzene rings is 3. The molecule has 0 aliphatic heterocycles. The normalized spacial score (nSPS) is 10.6. The lowest BCUT2D eigenvalue weighted by molar-refractivity contribution is -0.115. The van der Waals surface area contributed by atoms with Crippen LogP contribution in [0.1, 0.15) is 11.4 Å². The molecule has 1 amide bonds. The highest BCUT2D eigenvalue weighted by Crippen LogP contribution is 2.26. The molecule has 0 radical (unpaired) electrons. The van der Waals surface area contributed by atoms with Crippen LogP contribution in [0.4, 0.5) is 17.1 Å². The topological polar surface area (TPSA) is 73.9 Å². The van der Waals surface area contributed by atoms with E-state index in [4.69, 9.17) is 0 Å². The van der Waals surface area contributed by atoms with Crippen LogP contribution in [-0.4, -0.2) is 26.8 Å². The fourth-order valence-corrected chi connectivity index (χ4v) is 3.73. The molecule has 4 aromatic rings. The Morgan fingerprint density at radius 2 is 1.55 bits per heavy atom. The number of aryl methyl sites for hydroxylation is 1. The van der Waals surface area contributed by atoms with Crippen molar-refractivity contribution in [2.45, 2.75) is 18.6 Å². The highest BCUT2D eigenvalue weighted by atomic mass is 32.2. The molecule has 4 rings (SSSR count). The number of nitrogens with one attached hydrogen (secondary N) is 2. The number of aromatic nitrogens is 3. The molecule has 0 aliphatic carbocycles. The minimum absolute atomic E-state index is 0.0356. The number of nitrogens with zero attached hydrogens (tertiary/aromatic N) is 3. The molecule has 156 valence electrons. The number of rotatable bonds is 8. The molecule has 0 atom stereocenters. The van der Waals surface area contributed by atoms with Crippen molar-refractivity contribution in [3.8, 4) is 0 Å². The Bertz CT molecular complexity index is 1070. The molecule has 0 spiro atoms. The van der Waals surface area contributed by atoms with Crippen LogP contribution < -0.4 is 10.2 Å². The van der Waals surface area contributed by atoms with E-state index in [-0.39, 0.29) is 11.7 Å². The zero-order valence-electron chi connectivity index (χ0n) is 17.2. The number of amides is 1. The molecule has 3 aromatic carbocycles. The van der Waals surface area contributed by atoms with Crippen LogP contribution in [-0.2, 0) is 11.3 Å². The van der Waals surface area contributed by atoms with Crippen LogP contribution in [0.5, 0.6) is 0 Å². The maximum Gasteiger partial charge on any atom is 0.242 e. The minimum atomic E-state index is -0.0356. The van der Waals surface area contributed by atoms with Crippen LogP contribution in [0.3, 0.4) is 0 Å². The van der Waals surface area contributed by atoms with Gasteiger partial charge in [0, 0.05) is 17.1 Å². The molecule has 1 aromatic heterocycles. The number of carbonyl (C=O) groups excluding carboxylic acids is 1. The third-order valence-corrected chi connectivity index (χ3v) is 5.46. The third-order valence-electron chi connectivity index (χ3n) is 4.63. The fraction of sp³-hybridized carbons (Fsp3) is 0.125. The Morgan fingerprint density at radius 3 is 2.16 bits per heavy atom. The van der Waals surface area contributed by atoms with E-state index in [0.717, 1.165) is 22.9 Å². The van der Waals surface area contributed by atoms with Gasteiger partial charge in [0.05, 0.1) is 12.3 Å². The lowest BCUT2D eigenvalue weighted by atomic mass is 10.2. The molecule has 7 heteroatoms. The number of thioether (sulfide) groups is 1. The quantitative estimate of drug-likeness (QED) is 0.378. The first-order chi connectivity index (χ1) is 15.2. The van der Waals surface area contributed by atoms with Crippen LogP contribution >= 0.6 is 11.8 Å². The molecule has 6 nitrogen and oxygen atoms in total. The van der Waals surface area contributed by atoms with Gasteiger partial charge in [-0.15, -0.1) is 5.10 Å². The standard InChI is InChI=1S/C24H23N5OS/c1-18-12-14-19(15-13-18)25-16-22-26-24(28-27-22)31-17-23(30)29(20-8-4-2-5-9-20)21-10-6-3-7-11-21/h2-15,25H,16-17H2,1H3,(H,26,27,28). The molecule has 0 bridgehead atoms. The summed E-state index contributed by atoms with van der Waals surface area (Å²) >= 11 is 1.32. The first kappa shape index (κ1) is 20.7.